The summed E-state index contributed by atoms with van der Waals surface area (Å²) in [6, 6.07) is 25.9. The zero-order valence-electron chi connectivity index (χ0n) is 25.1. The monoisotopic (exact) mass is 643 g/mol. The van der Waals surface area contributed by atoms with Crippen LogP contribution in [0.2, 0.25) is 10.0 Å². The number of carbonyl (C=O) groups is 2. The first-order chi connectivity index (χ1) is 21.8. The van der Waals surface area contributed by atoms with Crippen LogP contribution in [0.4, 0.5) is 0 Å². The molecule has 5 rings (SSSR count). The van der Waals surface area contributed by atoms with Gasteiger partial charge in [-0.1, -0.05) is 71.7 Å². The van der Waals surface area contributed by atoms with E-state index in [0.29, 0.717) is 44.6 Å². The van der Waals surface area contributed by atoms with Crippen molar-refractivity contribution in [2.45, 2.75) is 31.1 Å². The van der Waals surface area contributed by atoms with E-state index in [-0.39, 0.29) is 24.9 Å². The maximum atomic E-state index is 14.2. The molecule has 1 heterocycles. The molecule has 1 amide bonds. The average Bonchev–Trinajstić information content (AvgIpc) is 3.07. The van der Waals surface area contributed by atoms with Gasteiger partial charge in [0.25, 0.3) is 5.91 Å². The second-order valence-electron chi connectivity index (χ2n) is 11.5. The summed E-state index contributed by atoms with van der Waals surface area (Å²) in [6.07, 6.45) is 2.57. The number of esters is 1. The molecule has 4 aromatic rings. The largest absolute Gasteiger partial charge is 0.508 e. The molecule has 4 aromatic carbocycles. The number of nitrogens with zero attached hydrogens (tertiary/aromatic N) is 3. The lowest BCUT2D eigenvalue weighted by Gasteiger charge is -2.34. The molecule has 0 aliphatic carbocycles. The summed E-state index contributed by atoms with van der Waals surface area (Å²) in [7, 11) is 1.30. The highest BCUT2D eigenvalue weighted by Crippen LogP contribution is 2.35. The van der Waals surface area contributed by atoms with Crippen molar-refractivity contribution in [3.63, 3.8) is 0 Å². The molecule has 45 heavy (non-hydrogen) atoms. The number of phenols is 1. The zero-order chi connectivity index (χ0) is 31.9. The van der Waals surface area contributed by atoms with E-state index in [9.17, 15) is 20.0 Å². The molecule has 0 saturated carbocycles. The lowest BCUT2D eigenvalue weighted by atomic mass is 9.88. The van der Waals surface area contributed by atoms with Crippen LogP contribution in [0.15, 0.2) is 78.9 Å². The smallest absolute Gasteiger partial charge is 0.325 e. The molecule has 232 valence electrons. The van der Waals surface area contributed by atoms with Crippen LogP contribution in [0.3, 0.4) is 0 Å². The molecule has 9 heteroatoms. The molecule has 1 aliphatic rings. The van der Waals surface area contributed by atoms with Gasteiger partial charge in [0.2, 0.25) is 0 Å². The first-order valence-corrected chi connectivity index (χ1v) is 15.8. The Morgan fingerprint density at radius 3 is 2.47 bits per heavy atom. The fraction of sp³-hybridized carbons (Fsp3) is 0.306. The van der Waals surface area contributed by atoms with Crippen molar-refractivity contribution in [1.29, 1.82) is 5.26 Å². The fourth-order valence-corrected chi connectivity index (χ4v) is 6.50. The Balaban J connectivity index is 1.40. The number of hydrogen-bond acceptors (Lipinski definition) is 6. The van der Waals surface area contributed by atoms with Gasteiger partial charge in [0.05, 0.1) is 28.8 Å². The van der Waals surface area contributed by atoms with Gasteiger partial charge in [-0.15, -0.1) is 0 Å². The van der Waals surface area contributed by atoms with Crippen molar-refractivity contribution in [1.82, 2.24) is 9.80 Å². The highest BCUT2D eigenvalue weighted by atomic mass is 35.5. The molecule has 1 N–H and O–H groups in total. The number of methoxy groups -OCH3 is 1. The first-order valence-electron chi connectivity index (χ1n) is 15.0. The minimum Gasteiger partial charge on any atom is -0.508 e. The number of para-hydroxylation sites is 1. The van der Waals surface area contributed by atoms with E-state index in [1.807, 2.05) is 54.6 Å². The van der Waals surface area contributed by atoms with Gasteiger partial charge in [-0.2, -0.15) is 5.26 Å². The van der Waals surface area contributed by atoms with E-state index in [1.165, 1.54) is 12.0 Å². The summed E-state index contributed by atoms with van der Waals surface area (Å²) in [5, 5.41) is 22.3. The number of hydrogen-bond donors (Lipinski definition) is 1. The normalized spacial score (nSPS) is 14.5. The predicted molar refractivity (Wildman–Crippen MR) is 177 cm³/mol. The molecule has 0 radical (unpaired) electrons. The fourth-order valence-electron chi connectivity index (χ4n) is 6.20. The Bertz CT molecular complexity index is 1730. The SMILES string of the molecule is COC(=O)CN(C[C@@H](CCN1CCC(c2ccccc2O)CC1)c1ccc(Cl)c(Cl)c1)C(=O)c1cc(C#N)cc2ccccc12. The molecule has 0 aromatic heterocycles. The van der Waals surface area contributed by atoms with Crippen molar-refractivity contribution in [2.24, 2.45) is 0 Å². The average molecular weight is 645 g/mol. The molecular weight excluding hydrogens is 609 g/mol. The third kappa shape index (κ3) is 7.77. The Labute approximate surface area is 273 Å². The van der Waals surface area contributed by atoms with Crippen molar-refractivity contribution < 1.29 is 19.4 Å². The van der Waals surface area contributed by atoms with Crippen LogP contribution in [0.25, 0.3) is 10.8 Å². The molecular formula is C36H35Cl2N3O4. The number of phenolic OH excluding ortho intramolecular Hbond substituents is 1. The van der Waals surface area contributed by atoms with Gasteiger partial charge in [0.15, 0.2) is 0 Å². The summed E-state index contributed by atoms with van der Waals surface area (Å²) in [4.78, 5) is 30.7. The molecule has 7 nitrogen and oxygen atoms in total. The van der Waals surface area contributed by atoms with E-state index < -0.39 is 5.97 Å². The topological polar surface area (TPSA) is 93.9 Å². The molecule has 1 saturated heterocycles. The van der Waals surface area contributed by atoms with Crippen LogP contribution in [-0.2, 0) is 9.53 Å². The zero-order valence-corrected chi connectivity index (χ0v) is 26.6. The summed E-state index contributed by atoms with van der Waals surface area (Å²) in [5.74, 6) is -0.417. The molecule has 1 atom stereocenters. The number of nitriles is 1. The predicted octanol–water partition coefficient (Wildman–Crippen LogP) is 7.39. The number of ether oxygens (including phenoxy) is 1. The van der Waals surface area contributed by atoms with Crippen molar-refractivity contribution in [3.8, 4) is 11.8 Å². The number of halogens is 2. The van der Waals surface area contributed by atoms with E-state index in [0.717, 1.165) is 49.0 Å². The second kappa shape index (κ2) is 14.8. The van der Waals surface area contributed by atoms with Crippen LogP contribution in [0.5, 0.6) is 5.75 Å². The first kappa shape index (κ1) is 32.3. The number of piperidine rings is 1. The standard InChI is InChI=1S/C36H35Cl2N3O4/c1-45-35(43)23-41(36(44)31-19-24(21-39)18-27-6-2-3-7-29(27)31)22-28(26-10-11-32(37)33(38)20-26)14-17-40-15-12-25(13-16-40)30-8-4-5-9-34(30)42/h2-11,18-20,25,28,42H,12-17,22-23H2,1H3/t28-/m1/s1. The van der Waals surface area contributed by atoms with Gasteiger partial charge in [-0.25, -0.2) is 0 Å². The minimum absolute atomic E-state index is 0.172. The second-order valence-corrected chi connectivity index (χ2v) is 12.3. The molecule has 1 aliphatic heterocycles. The van der Waals surface area contributed by atoms with E-state index in [4.69, 9.17) is 27.9 Å². The Morgan fingerprint density at radius 1 is 1.02 bits per heavy atom. The third-order valence-corrected chi connectivity index (χ3v) is 9.41. The molecule has 0 unspecified atom stereocenters. The Kier molecular flexibility index (Phi) is 10.6. The molecule has 0 spiro atoms. The van der Waals surface area contributed by atoms with Crippen molar-refractivity contribution >= 4 is 45.9 Å². The molecule has 0 bridgehead atoms. The van der Waals surface area contributed by atoms with Gasteiger partial charge in [-0.3, -0.25) is 9.59 Å². The quantitative estimate of drug-likeness (QED) is 0.181. The van der Waals surface area contributed by atoms with E-state index in [1.54, 1.807) is 24.3 Å². The van der Waals surface area contributed by atoms with Crippen molar-refractivity contribution in [3.05, 3.63) is 111 Å². The van der Waals surface area contributed by atoms with Crippen LogP contribution in [-0.4, -0.2) is 66.6 Å². The number of amides is 1. The van der Waals surface area contributed by atoms with Gasteiger partial charge in [0, 0.05) is 18.0 Å². The highest BCUT2D eigenvalue weighted by Gasteiger charge is 2.28. The Hall–Kier alpha value is -4.09. The summed E-state index contributed by atoms with van der Waals surface area (Å²) in [6.45, 7) is 2.51. The minimum atomic E-state index is -0.539. The summed E-state index contributed by atoms with van der Waals surface area (Å²) < 4.78 is 4.98. The van der Waals surface area contributed by atoms with Gasteiger partial charge in [-0.05, 0) is 97.0 Å². The summed E-state index contributed by atoms with van der Waals surface area (Å²) in [5.41, 5.74) is 2.62. The number of fused-ring (bicyclic) bond motifs is 1. The lowest BCUT2D eigenvalue weighted by Crippen LogP contribution is -2.40. The maximum Gasteiger partial charge on any atom is 0.325 e. The maximum absolute atomic E-state index is 14.2. The van der Waals surface area contributed by atoms with Crippen LogP contribution < -0.4 is 0 Å². The number of carbonyl (C=O) groups excluding carboxylic acids is 2. The third-order valence-electron chi connectivity index (χ3n) is 8.67. The van der Waals surface area contributed by atoms with Crippen molar-refractivity contribution in [2.75, 3.05) is 39.8 Å². The number of benzene rings is 4. The number of rotatable bonds is 10. The van der Waals surface area contributed by atoms with Crippen LogP contribution in [0, 0.1) is 11.3 Å². The summed E-state index contributed by atoms with van der Waals surface area (Å²) >= 11 is 12.7. The lowest BCUT2D eigenvalue weighted by molar-refractivity contribution is -0.141. The van der Waals surface area contributed by atoms with E-state index in [2.05, 4.69) is 11.0 Å². The number of likely N-dealkylation sites (tertiary alicyclic amines) is 1. The van der Waals surface area contributed by atoms with Crippen LogP contribution in [0.1, 0.15) is 58.1 Å². The van der Waals surface area contributed by atoms with Crippen LogP contribution >= 0.6 is 23.2 Å². The number of aromatic hydroxyl groups is 1. The van der Waals surface area contributed by atoms with Gasteiger partial charge in [0.1, 0.15) is 12.3 Å². The highest BCUT2D eigenvalue weighted by molar-refractivity contribution is 6.42. The van der Waals surface area contributed by atoms with Gasteiger partial charge < -0.3 is 19.6 Å². The van der Waals surface area contributed by atoms with E-state index >= 15 is 0 Å². The van der Waals surface area contributed by atoms with Gasteiger partial charge >= 0.3 is 5.97 Å². The Morgan fingerprint density at radius 2 is 1.76 bits per heavy atom. The molecule has 1 fully saturated rings.